The third-order valence-corrected chi connectivity index (χ3v) is 3.97. The molecule has 0 unspecified atom stereocenters. The Hall–Kier alpha value is -3.69. The van der Waals surface area contributed by atoms with Gasteiger partial charge in [0, 0.05) is 18.7 Å². The molecule has 10 heteroatoms. The Morgan fingerprint density at radius 3 is 2.35 bits per heavy atom. The summed E-state index contributed by atoms with van der Waals surface area (Å²) in [5, 5.41) is 15.8. The highest BCUT2D eigenvalue weighted by molar-refractivity contribution is 6.03. The number of urea groups is 1. The van der Waals surface area contributed by atoms with Gasteiger partial charge in [0.05, 0.1) is 19.6 Å². The van der Waals surface area contributed by atoms with Crippen LogP contribution in [0.3, 0.4) is 0 Å². The lowest BCUT2D eigenvalue weighted by atomic mass is 10.1. The predicted molar refractivity (Wildman–Crippen MR) is 112 cm³/mol. The first-order valence-electron chi connectivity index (χ1n) is 9.54. The molecule has 0 fully saturated rings. The number of hydrogen-bond acceptors (Lipinski definition) is 4. The summed E-state index contributed by atoms with van der Waals surface area (Å²) in [5.74, 6) is -3.12. The van der Waals surface area contributed by atoms with Gasteiger partial charge in [-0.25, -0.2) is 18.6 Å². The number of halogens is 2. The quantitative estimate of drug-likeness (QED) is 0.376. The molecular formula is C21H24F2N4O4. The van der Waals surface area contributed by atoms with Gasteiger partial charge in [-0.15, -0.1) is 0 Å². The van der Waals surface area contributed by atoms with E-state index in [0.29, 0.717) is 0 Å². The topological polar surface area (TPSA) is 112 Å². The van der Waals surface area contributed by atoms with E-state index in [0.717, 1.165) is 23.3 Å². The molecule has 0 heterocycles. The summed E-state index contributed by atoms with van der Waals surface area (Å²) in [4.78, 5) is 26.8. The highest BCUT2D eigenvalue weighted by atomic mass is 19.1. The standard InChI is InChI=1S/C21H24F2N4O4/c1-3-31-15-10-16(22)19(17(23)11-15)26-20(27-21(30)24-9-8-18(28)29)25-12-14-6-4-13(2)5-7-14/h4-7,10-11H,3,8-9,12H2,1-2H3,(H,28,29)(H3,24,25,26,27,30). The summed E-state index contributed by atoms with van der Waals surface area (Å²) in [6.07, 6.45) is -0.279. The predicted octanol–water partition coefficient (Wildman–Crippen LogP) is 3.41. The van der Waals surface area contributed by atoms with E-state index in [1.165, 1.54) is 0 Å². The maximum Gasteiger partial charge on any atom is 0.321 e. The Kier molecular flexibility index (Phi) is 8.74. The number of amides is 2. The molecule has 0 aliphatic rings. The van der Waals surface area contributed by atoms with Gasteiger partial charge in [-0.1, -0.05) is 29.8 Å². The Labute approximate surface area is 178 Å². The normalized spacial score (nSPS) is 11.0. The first kappa shape index (κ1) is 23.6. The van der Waals surface area contributed by atoms with Crippen molar-refractivity contribution in [3.63, 3.8) is 0 Å². The number of ether oxygens (including phenoxy) is 1. The smallest absolute Gasteiger partial charge is 0.321 e. The van der Waals surface area contributed by atoms with E-state index in [2.05, 4.69) is 20.9 Å². The number of nitrogens with zero attached hydrogens (tertiary/aromatic N) is 1. The van der Waals surface area contributed by atoms with Crippen molar-refractivity contribution in [1.82, 2.24) is 10.6 Å². The molecule has 2 aromatic carbocycles. The van der Waals surface area contributed by atoms with Crippen LogP contribution in [-0.4, -0.2) is 36.2 Å². The third-order valence-electron chi connectivity index (χ3n) is 3.97. The molecule has 8 nitrogen and oxygen atoms in total. The lowest BCUT2D eigenvalue weighted by molar-refractivity contribution is -0.136. The van der Waals surface area contributed by atoms with E-state index in [4.69, 9.17) is 9.84 Å². The SMILES string of the molecule is CCOc1cc(F)c(NC(=NCc2ccc(C)cc2)NC(=O)NCCC(=O)O)c(F)c1. The van der Waals surface area contributed by atoms with Crippen molar-refractivity contribution >= 4 is 23.6 Å². The van der Waals surface area contributed by atoms with Gasteiger partial charge in [-0.05, 0) is 19.4 Å². The number of guanidine groups is 1. The number of carbonyl (C=O) groups excluding carboxylic acids is 1. The molecular weight excluding hydrogens is 410 g/mol. The van der Waals surface area contributed by atoms with Gasteiger partial charge in [0.15, 0.2) is 11.6 Å². The summed E-state index contributed by atoms with van der Waals surface area (Å²) in [6.45, 7) is 3.86. The van der Waals surface area contributed by atoms with Gasteiger partial charge in [-0.2, -0.15) is 0 Å². The minimum Gasteiger partial charge on any atom is -0.494 e. The molecule has 2 amide bonds. The van der Waals surface area contributed by atoms with Gasteiger partial charge in [0.1, 0.15) is 11.4 Å². The zero-order valence-electron chi connectivity index (χ0n) is 17.2. The molecule has 0 radical (unpaired) electrons. The highest BCUT2D eigenvalue weighted by Gasteiger charge is 2.15. The number of rotatable bonds is 8. The summed E-state index contributed by atoms with van der Waals surface area (Å²) < 4.78 is 33.9. The van der Waals surface area contributed by atoms with Crippen LogP contribution in [0.4, 0.5) is 19.3 Å². The number of hydrogen-bond donors (Lipinski definition) is 4. The number of carboxylic acids is 1. The third kappa shape index (κ3) is 7.92. The van der Waals surface area contributed by atoms with Crippen LogP contribution in [0.5, 0.6) is 5.75 Å². The molecule has 31 heavy (non-hydrogen) atoms. The van der Waals surface area contributed by atoms with E-state index in [1.807, 2.05) is 31.2 Å². The lowest BCUT2D eigenvalue weighted by Crippen LogP contribution is -2.43. The number of anilines is 1. The van der Waals surface area contributed by atoms with Gasteiger partial charge in [-0.3, -0.25) is 10.1 Å². The van der Waals surface area contributed by atoms with Crippen molar-refractivity contribution in [2.24, 2.45) is 4.99 Å². The monoisotopic (exact) mass is 434 g/mol. The number of benzene rings is 2. The van der Waals surface area contributed by atoms with Crippen molar-refractivity contribution in [1.29, 1.82) is 0 Å². The van der Waals surface area contributed by atoms with E-state index >= 15 is 0 Å². The van der Waals surface area contributed by atoms with Crippen LogP contribution in [-0.2, 0) is 11.3 Å². The van der Waals surface area contributed by atoms with Gasteiger partial charge < -0.3 is 20.5 Å². The van der Waals surface area contributed by atoms with Crippen LogP contribution in [0.15, 0.2) is 41.4 Å². The van der Waals surface area contributed by atoms with Crippen molar-refractivity contribution in [3.8, 4) is 5.75 Å². The fourth-order valence-electron chi connectivity index (χ4n) is 2.45. The van der Waals surface area contributed by atoms with Crippen molar-refractivity contribution in [2.45, 2.75) is 26.8 Å². The minimum absolute atomic E-state index is 0.0283. The highest BCUT2D eigenvalue weighted by Crippen LogP contribution is 2.25. The Morgan fingerprint density at radius 1 is 1.13 bits per heavy atom. The molecule has 0 aromatic heterocycles. The molecule has 166 valence electrons. The Morgan fingerprint density at radius 2 is 1.77 bits per heavy atom. The second kappa shape index (κ2) is 11.5. The fourth-order valence-corrected chi connectivity index (χ4v) is 2.45. The molecule has 2 rings (SSSR count). The number of nitrogens with one attached hydrogen (secondary N) is 3. The van der Waals surface area contributed by atoms with Crippen LogP contribution in [0.1, 0.15) is 24.5 Å². The van der Waals surface area contributed by atoms with E-state index < -0.39 is 29.3 Å². The second-order valence-corrected chi connectivity index (χ2v) is 6.50. The van der Waals surface area contributed by atoms with Crippen LogP contribution < -0.4 is 20.7 Å². The molecule has 0 aliphatic heterocycles. The molecule has 0 atom stereocenters. The molecule has 2 aromatic rings. The molecule has 0 saturated heterocycles. The number of carboxylic acid groups (broad SMARTS) is 1. The fraction of sp³-hybridized carbons (Fsp3) is 0.286. The lowest BCUT2D eigenvalue weighted by Gasteiger charge is -2.14. The summed E-state index contributed by atoms with van der Waals surface area (Å²) in [7, 11) is 0. The van der Waals surface area contributed by atoms with Gasteiger partial charge in [0.25, 0.3) is 0 Å². The van der Waals surface area contributed by atoms with Crippen molar-refractivity contribution < 1.29 is 28.2 Å². The molecule has 0 saturated carbocycles. The second-order valence-electron chi connectivity index (χ2n) is 6.50. The summed E-state index contributed by atoms with van der Waals surface area (Å²) >= 11 is 0. The van der Waals surface area contributed by atoms with Crippen LogP contribution in [0.2, 0.25) is 0 Å². The van der Waals surface area contributed by atoms with E-state index in [-0.39, 0.29) is 37.8 Å². The molecule has 0 bridgehead atoms. The average Bonchev–Trinajstić information content (AvgIpc) is 2.70. The minimum atomic E-state index is -1.08. The zero-order valence-corrected chi connectivity index (χ0v) is 17.2. The maximum atomic E-state index is 14.4. The maximum absolute atomic E-state index is 14.4. The number of aryl methyl sites for hydroxylation is 1. The first-order valence-corrected chi connectivity index (χ1v) is 9.54. The van der Waals surface area contributed by atoms with Gasteiger partial charge in [0.2, 0.25) is 5.96 Å². The molecule has 0 spiro atoms. The van der Waals surface area contributed by atoms with Crippen molar-refractivity contribution in [2.75, 3.05) is 18.5 Å². The molecule has 0 aliphatic carbocycles. The number of aliphatic carboxylic acids is 1. The summed E-state index contributed by atoms with van der Waals surface area (Å²) in [6, 6.07) is 8.69. The van der Waals surface area contributed by atoms with Crippen LogP contribution in [0, 0.1) is 18.6 Å². The zero-order chi connectivity index (χ0) is 22.8. The Balaban J connectivity index is 2.20. The van der Waals surface area contributed by atoms with Crippen LogP contribution >= 0.6 is 0 Å². The largest absolute Gasteiger partial charge is 0.494 e. The van der Waals surface area contributed by atoms with E-state index in [9.17, 15) is 18.4 Å². The Bertz CT molecular complexity index is 926. The van der Waals surface area contributed by atoms with Gasteiger partial charge >= 0.3 is 12.0 Å². The summed E-state index contributed by atoms with van der Waals surface area (Å²) in [5.41, 5.74) is 1.35. The van der Waals surface area contributed by atoms with Crippen molar-refractivity contribution in [3.05, 3.63) is 59.2 Å². The average molecular weight is 434 g/mol. The van der Waals surface area contributed by atoms with E-state index in [1.54, 1.807) is 6.92 Å². The van der Waals surface area contributed by atoms with Crippen LogP contribution in [0.25, 0.3) is 0 Å². The number of aliphatic imine (C=N–C) groups is 1. The first-order chi connectivity index (χ1) is 14.8. The molecule has 4 N–H and O–H groups in total. The number of carbonyl (C=O) groups is 2.